The molecular weight excluding hydrogens is 286 g/mol. The van der Waals surface area contributed by atoms with Crippen LogP contribution in [-0.4, -0.2) is 45.4 Å². The van der Waals surface area contributed by atoms with E-state index in [-0.39, 0.29) is 11.3 Å². The maximum absolute atomic E-state index is 12.4. The third kappa shape index (κ3) is 2.98. The molecule has 2 aromatic heterocycles. The fourth-order valence-electron chi connectivity index (χ4n) is 2.56. The standard InChI is InChI=1S/C14H19N5OS/c1-14(9-15)4-5-18(10-14)13(20)12-8-19(17-16-12)7-11-3-2-6-21-11/h2-3,6,8H,4-5,7,9-10,15H2,1H3. The Kier molecular flexibility index (Phi) is 3.77. The van der Waals surface area contributed by atoms with Crippen molar-refractivity contribution in [1.82, 2.24) is 19.9 Å². The fourth-order valence-corrected chi connectivity index (χ4v) is 3.26. The van der Waals surface area contributed by atoms with E-state index in [1.54, 1.807) is 22.2 Å². The lowest BCUT2D eigenvalue weighted by Gasteiger charge is -2.21. The lowest BCUT2D eigenvalue weighted by molar-refractivity contribution is 0.0771. The number of amides is 1. The van der Waals surface area contributed by atoms with Gasteiger partial charge < -0.3 is 10.6 Å². The Hall–Kier alpha value is -1.73. The predicted octanol–water partition coefficient (Wildman–Crippen LogP) is 1.20. The average molecular weight is 305 g/mol. The van der Waals surface area contributed by atoms with E-state index in [0.29, 0.717) is 25.3 Å². The normalized spacial score (nSPS) is 21.9. The summed E-state index contributed by atoms with van der Waals surface area (Å²) in [7, 11) is 0. The second kappa shape index (κ2) is 5.57. The van der Waals surface area contributed by atoms with E-state index in [1.165, 1.54) is 4.88 Å². The Morgan fingerprint density at radius 2 is 2.43 bits per heavy atom. The van der Waals surface area contributed by atoms with Gasteiger partial charge in [0.1, 0.15) is 0 Å². The molecule has 1 unspecified atom stereocenters. The summed E-state index contributed by atoms with van der Waals surface area (Å²) in [4.78, 5) is 15.5. The van der Waals surface area contributed by atoms with E-state index in [9.17, 15) is 4.79 Å². The van der Waals surface area contributed by atoms with Crippen LogP contribution in [-0.2, 0) is 6.54 Å². The van der Waals surface area contributed by atoms with Crippen molar-refractivity contribution in [2.45, 2.75) is 19.9 Å². The lowest BCUT2D eigenvalue weighted by Crippen LogP contribution is -2.34. The van der Waals surface area contributed by atoms with Gasteiger partial charge in [-0.25, -0.2) is 4.68 Å². The summed E-state index contributed by atoms with van der Waals surface area (Å²) < 4.78 is 1.71. The van der Waals surface area contributed by atoms with Gasteiger partial charge in [0.2, 0.25) is 0 Å². The molecule has 0 aliphatic carbocycles. The van der Waals surface area contributed by atoms with Gasteiger partial charge >= 0.3 is 0 Å². The van der Waals surface area contributed by atoms with Crippen molar-refractivity contribution in [2.75, 3.05) is 19.6 Å². The molecule has 6 nitrogen and oxygen atoms in total. The second-order valence-electron chi connectivity index (χ2n) is 5.87. The van der Waals surface area contributed by atoms with Crippen LogP contribution in [0.4, 0.5) is 0 Å². The topological polar surface area (TPSA) is 77.0 Å². The van der Waals surface area contributed by atoms with E-state index < -0.39 is 0 Å². The maximum Gasteiger partial charge on any atom is 0.276 e. The Morgan fingerprint density at radius 3 is 3.10 bits per heavy atom. The lowest BCUT2D eigenvalue weighted by atomic mass is 9.90. The van der Waals surface area contributed by atoms with Crippen LogP contribution in [0.3, 0.4) is 0 Å². The summed E-state index contributed by atoms with van der Waals surface area (Å²) in [6, 6.07) is 4.04. The molecule has 0 aromatic carbocycles. The van der Waals surface area contributed by atoms with E-state index in [1.807, 2.05) is 22.4 Å². The van der Waals surface area contributed by atoms with Crippen LogP contribution >= 0.6 is 11.3 Å². The summed E-state index contributed by atoms with van der Waals surface area (Å²) in [5.41, 5.74) is 6.22. The van der Waals surface area contributed by atoms with Crippen molar-refractivity contribution < 1.29 is 4.79 Å². The summed E-state index contributed by atoms with van der Waals surface area (Å²) in [5, 5.41) is 10.1. The number of hydrogen-bond acceptors (Lipinski definition) is 5. The summed E-state index contributed by atoms with van der Waals surface area (Å²) in [6.45, 7) is 4.80. The molecular formula is C14H19N5OS. The van der Waals surface area contributed by atoms with Crippen LogP contribution in [0, 0.1) is 5.41 Å². The number of nitrogens with two attached hydrogens (primary N) is 1. The molecule has 1 aliphatic rings. The van der Waals surface area contributed by atoms with Crippen LogP contribution in [0.1, 0.15) is 28.7 Å². The molecule has 1 saturated heterocycles. The maximum atomic E-state index is 12.4. The third-order valence-electron chi connectivity index (χ3n) is 3.99. The number of thiophene rings is 1. The fraction of sp³-hybridized carbons (Fsp3) is 0.500. The van der Waals surface area contributed by atoms with Crippen LogP contribution in [0.5, 0.6) is 0 Å². The summed E-state index contributed by atoms with van der Waals surface area (Å²) in [5.74, 6) is -0.0513. The molecule has 2 N–H and O–H groups in total. The van der Waals surface area contributed by atoms with Gasteiger partial charge in [-0.05, 0) is 29.8 Å². The van der Waals surface area contributed by atoms with Crippen molar-refractivity contribution in [3.05, 3.63) is 34.3 Å². The van der Waals surface area contributed by atoms with Crippen molar-refractivity contribution in [3.63, 3.8) is 0 Å². The molecule has 2 aromatic rings. The monoisotopic (exact) mass is 305 g/mol. The minimum Gasteiger partial charge on any atom is -0.337 e. The quantitative estimate of drug-likeness (QED) is 0.921. The Balaban J connectivity index is 1.67. The Morgan fingerprint density at radius 1 is 1.57 bits per heavy atom. The van der Waals surface area contributed by atoms with Crippen LogP contribution in [0.25, 0.3) is 0 Å². The number of likely N-dealkylation sites (tertiary alicyclic amines) is 1. The Labute approximate surface area is 127 Å². The number of carbonyl (C=O) groups excluding carboxylic acids is 1. The highest BCUT2D eigenvalue weighted by Gasteiger charge is 2.35. The summed E-state index contributed by atoms with van der Waals surface area (Å²) in [6.07, 6.45) is 2.67. The first-order valence-electron chi connectivity index (χ1n) is 7.01. The van der Waals surface area contributed by atoms with Gasteiger partial charge in [-0.1, -0.05) is 18.2 Å². The summed E-state index contributed by atoms with van der Waals surface area (Å²) >= 11 is 1.67. The second-order valence-corrected chi connectivity index (χ2v) is 6.90. The van der Waals surface area contributed by atoms with Gasteiger partial charge in [-0.2, -0.15) is 0 Å². The van der Waals surface area contributed by atoms with Gasteiger partial charge in [0.15, 0.2) is 5.69 Å². The SMILES string of the molecule is CC1(CN)CCN(C(=O)c2cn(Cc3cccs3)nn2)C1. The molecule has 112 valence electrons. The molecule has 21 heavy (non-hydrogen) atoms. The molecule has 0 spiro atoms. The number of aromatic nitrogens is 3. The van der Waals surface area contributed by atoms with Gasteiger partial charge in [0.05, 0.1) is 12.7 Å². The van der Waals surface area contributed by atoms with Crippen LogP contribution in [0.15, 0.2) is 23.7 Å². The van der Waals surface area contributed by atoms with Crippen LogP contribution < -0.4 is 5.73 Å². The van der Waals surface area contributed by atoms with Crippen molar-refractivity contribution in [1.29, 1.82) is 0 Å². The highest BCUT2D eigenvalue weighted by molar-refractivity contribution is 7.09. The van der Waals surface area contributed by atoms with Crippen molar-refractivity contribution in [2.24, 2.45) is 11.1 Å². The smallest absolute Gasteiger partial charge is 0.276 e. The molecule has 0 bridgehead atoms. The van der Waals surface area contributed by atoms with E-state index in [0.717, 1.165) is 13.0 Å². The van der Waals surface area contributed by atoms with Crippen molar-refractivity contribution >= 4 is 17.2 Å². The third-order valence-corrected chi connectivity index (χ3v) is 4.85. The van der Waals surface area contributed by atoms with Gasteiger partial charge in [0.25, 0.3) is 5.91 Å². The first-order valence-corrected chi connectivity index (χ1v) is 7.89. The van der Waals surface area contributed by atoms with Gasteiger partial charge in [-0.15, -0.1) is 16.4 Å². The van der Waals surface area contributed by atoms with E-state index in [4.69, 9.17) is 5.73 Å². The zero-order valence-corrected chi connectivity index (χ0v) is 12.8. The Bertz CT molecular complexity index is 623. The minimum atomic E-state index is -0.0513. The molecule has 3 rings (SSSR count). The van der Waals surface area contributed by atoms with Gasteiger partial charge in [0, 0.05) is 18.0 Å². The molecule has 7 heteroatoms. The minimum absolute atomic E-state index is 0.0304. The number of hydrogen-bond donors (Lipinski definition) is 1. The highest BCUT2D eigenvalue weighted by Crippen LogP contribution is 2.29. The molecule has 1 atom stereocenters. The molecule has 3 heterocycles. The molecule has 0 saturated carbocycles. The highest BCUT2D eigenvalue weighted by atomic mass is 32.1. The first kappa shape index (κ1) is 14.2. The molecule has 1 fully saturated rings. The van der Waals surface area contributed by atoms with Crippen LogP contribution in [0.2, 0.25) is 0 Å². The van der Waals surface area contributed by atoms with E-state index in [2.05, 4.69) is 17.2 Å². The molecule has 0 radical (unpaired) electrons. The number of nitrogens with zero attached hydrogens (tertiary/aromatic N) is 4. The first-order chi connectivity index (χ1) is 10.1. The van der Waals surface area contributed by atoms with E-state index >= 15 is 0 Å². The molecule has 1 aliphatic heterocycles. The average Bonchev–Trinajstić information content (AvgIpc) is 3.20. The molecule has 1 amide bonds. The largest absolute Gasteiger partial charge is 0.337 e. The number of rotatable bonds is 4. The number of carbonyl (C=O) groups is 1. The zero-order valence-electron chi connectivity index (χ0n) is 12.0. The zero-order chi connectivity index (χ0) is 14.9. The predicted molar refractivity (Wildman–Crippen MR) is 81.1 cm³/mol. The van der Waals surface area contributed by atoms with Crippen molar-refractivity contribution in [3.8, 4) is 0 Å². The van der Waals surface area contributed by atoms with Gasteiger partial charge in [-0.3, -0.25) is 4.79 Å².